The summed E-state index contributed by atoms with van der Waals surface area (Å²) in [5.41, 5.74) is -0.150. The lowest BCUT2D eigenvalue weighted by Gasteiger charge is -2.18. The maximum Gasteiger partial charge on any atom is 0.303 e. The van der Waals surface area contributed by atoms with Gasteiger partial charge < -0.3 is 0 Å². The molecule has 1 fully saturated rings. The Morgan fingerprint density at radius 3 is 2.32 bits per heavy atom. The molecule has 2 unspecified atom stereocenters. The molecular formula is C14H18F2N2O3S. The molecular weight excluding hydrogens is 314 g/mol. The summed E-state index contributed by atoms with van der Waals surface area (Å²) in [5, 5.41) is 0. The molecule has 1 saturated carbocycles. The van der Waals surface area contributed by atoms with Crippen LogP contribution in [-0.2, 0) is 15.0 Å². The number of hydrogen-bond acceptors (Lipinski definition) is 3. The maximum absolute atomic E-state index is 13.7. The summed E-state index contributed by atoms with van der Waals surface area (Å²) in [7, 11) is -3.91. The fourth-order valence-corrected chi connectivity index (χ4v) is 3.71. The zero-order valence-corrected chi connectivity index (χ0v) is 13.2. The highest BCUT2D eigenvalue weighted by atomic mass is 32.2. The van der Waals surface area contributed by atoms with Gasteiger partial charge in [0.2, 0.25) is 5.91 Å². The highest BCUT2D eigenvalue weighted by Crippen LogP contribution is 2.49. The van der Waals surface area contributed by atoms with Crippen molar-refractivity contribution in [2.45, 2.75) is 26.2 Å². The van der Waals surface area contributed by atoms with Gasteiger partial charge in [-0.1, -0.05) is 19.9 Å². The first-order chi connectivity index (χ1) is 10.3. The van der Waals surface area contributed by atoms with Gasteiger partial charge in [-0.15, -0.1) is 0 Å². The number of nitrogens with one attached hydrogen (secondary N) is 1. The molecule has 5 nitrogen and oxygen atoms in total. The Morgan fingerprint density at radius 2 is 1.82 bits per heavy atom. The SMILES string of the molecule is CCN(CC)S(=O)(=O)NC(=O)C1CC1c1c(F)cccc1F. The number of nitrogens with zero attached hydrogens (tertiary/aromatic N) is 1. The van der Waals surface area contributed by atoms with E-state index in [-0.39, 0.29) is 25.1 Å². The van der Waals surface area contributed by atoms with E-state index in [9.17, 15) is 22.0 Å². The van der Waals surface area contributed by atoms with Crippen molar-refractivity contribution in [3.63, 3.8) is 0 Å². The number of amides is 1. The molecule has 1 aliphatic rings. The van der Waals surface area contributed by atoms with Crippen LogP contribution in [0.15, 0.2) is 18.2 Å². The molecule has 2 atom stereocenters. The van der Waals surface area contributed by atoms with Crippen LogP contribution >= 0.6 is 0 Å². The van der Waals surface area contributed by atoms with Crippen LogP contribution in [0.5, 0.6) is 0 Å². The second kappa shape index (κ2) is 6.29. The van der Waals surface area contributed by atoms with Crippen molar-refractivity contribution in [2.75, 3.05) is 13.1 Å². The zero-order valence-electron chi connectivity index (χ0n) is 12.3. The molecule has 0 bridgehead atoms. The number of hydrogen-bond donors (Lipinski definition) is 1. The molecule has 0 saturated heterocycles. The molecule has 8 heteroatoms. The Labute approximate surface area is 128 Å². The van der Waals surface area contributed by atoms with Crippen molar-refractivity contribution in [1.29, 1.82) is 0 Å². The van der Waals surface area contributed by atoms with Gasteiger partial charge in [0.1, 0.15) is 11.6 Å². The molecule has 0 aromatic heterocycles. The van der Waals surface area contributed by atoms with Crippen LogP contribution in [0, 0.1) is 17.6 Å². The molecule has 1 N–H and O–H groups in total. The van der Waals surface area contributed by atoms with E-state index in [1.165, 1.54) is 6.07 Å². The molecule has 1 aromatic carbocycles. The van der Waals surface area contributed by atoms with E-state index in [2.05, 4.69) is 0 Å². The Morgan fingerprint density at radius 1 is 1.27 bits per heavy atom. The Bertz CT molecular complexity index is 654. The van der Waals surface area contributed by atoms with Gasteiger partial charge in [-0.05, 0) is 18.6 Å². The smallest absolute Gasteiger partial charge is 0.274 e. The van der Waals surface area contributed by atoms with Crippen molar-refractivity contribution in [2.24, 2.45) is 5.92 Å². The van der Waals surface area contributed by atoms with Gasteiger partial charge in [0.15, 0.2) is 0 Å². The van der Waals surface area contributed by atoms with Gasteiger partial charge in [0.05, 0.1) is 0 Å². The van der Waals surface area contributed by atoms with Gasteiger partial charge in [-0.2, -0.15) is 12.7 Å². The zero-order chi connectivity index (χ0) is 16.5. The van der Waals surface area contributed by atoms with Crippen LogP contribution in [0.1, 0.15) is 31.7 Å². The molecule has 0 aliphatic heterocycles. The Hall–Kier alpha value is -1.54. The lowest BCUT2D eigenvalue weighted by Crippen LogP contribution is -2.44. The summed E-state index contributed by atoms with van der Waals surface area (Å²) < 4.78 is 54.3. The summed E-state index contributed by atoms with van der Waals surface area (Å²) in [4.78, 5) is 12.0. The first-order valence-electron chi connectivity index (χ1n) is 7.07. The topological polar surface area (TPSA) is 66.5 Å². The quantitative estimate of drug-likeness (QED) is 0.863. The molecule has 122 valence electrons. The largest absolute Gasteiger partial charge is 0.303 e. The summed E-state index contributed by atoms with van der Waals surface area (Å²) in [6.45, 7) is 3.77. The molecule has 0 radical (unpaired) electrons. The highest BCUT2D eigenvalue weighted by Gasteiger charge is 2.47. The predicted molar refractivity (Wildman–Crippen MR) is 77.2 cm³/mol. The predicted octanol–water partition coefficient (Wildman–Crippen LogP) is 1.77. The summed E-state index contributed by atoms with van der Waals surface area (Å²) in [6.07, 6.45) is 0.234. The van der Waals surface area contributed by atoms with Gasteiger partial charge in [-0.25, -0.2) is 13.5 Å². The third-order valence-corrected chi connectivity index (χ3v) is 5.43. The summed E-state index contributed by atoms with van der Waals surface area (Å²) in [6, 6.07) is 3.49. The Kier molecular flexibility index (Phi) is 4.81. The van der Waals surface area contributed by atoms with E-state index in [4.69, 9.17) is 0 Å². The van der Waals surface area contributed by atoms with E-state index in [1.807, 2.05) is 4.72 Å². The lowest BCUT2D eigenvalue weighted by atomic mass is 10.1. The fourth-order valence-electron chi connectivity index (χ4n) is 2.50. The molecule has 0 spiro atoms. The van der Waals surface area contributed by atoms with E-state index < -0.39 is 39.6 Å². The number of rotatable bonds is 6. The summed E-state index contributed by atoms with van der Waals surface area (Å²) in [5.74, 6) is -3.50. The standard InChI is InChI=1S/C14H18F2N2O3S/c1-3-18(4-2)22(20,21)17-14(19)10-8-9(10)13-11(15)6-5-7-12(13)16/h5-7,9-10H,3-4,8H2,1-2H3,(H,17,19). The first kappa shape index (κ1) is 16.8. The van der Waals surface area contributed by atoms with Crippen LogP contribution < -0.4 is 4.72 Å². The molecule has 1 aliphatic carbocycles. The van der Waals surface area contributed by atoms with Crippen molar-refractivity contribution >= 4 is 16.1 Å². The average Bonchev–Trinajstić information content (AvgIpc) is 3.19. The van der Waals surface area contributed by atoms with Crippen LogP contribution in [0.4, 0.5) is 8.78 Å². The van der Waals surface area contributed by atoms with Crippen molar-refractivity contribution < 1.29 is 22.0 Å². The number of carbonyl (C=O) groups is 1. The van der Waals surface area contributed by atoms with Gasteiger partial charge in [0.25, 0.3) is 0 Å². The number of halogens is 2. The van der Waals surface area contributed by atoms with E-state index in [1.54, 1.807) is 13.8 Å². The number of carbonyl (C=O) groups excluding carboxylic acids is 1. The van der Waals surface area contributed by atoms with E-state index in [0.717, 1.165) is 16.4 Å². The van der Waals surface area contributed by atoms with Crippen molar-refractivity contribution in [1.82, 2.24) is 9.03 Å². The molecule has 22 heavy (non-hydrogen) atoms. The van der Waals surface area contributed by atoms with Crippen LogP contribution in [-0.4, -0.2) is 31.7 Å². The molecule has 1 amide bonds. The van der Waals surface area contributed by atoms with Crippen LogP contribution in [0.3, 0.4) is 0 Å². The lowest BCUT2D eigenvalue weighted by molar-refractivity contribution is -0.120. The molecule has 2 rings (SSSR count). The molecule has 1 aromatic rings. The van der Waals surface area contributed by atoms with Gasteiger partial charge in [0, 0.05) is 30.5 Å². The monoisotopic (exact) mass is 332 g/mol. The minimum atomic E-state index is -3.91. The first-order valence-corrected chi connectivity index (χ1v) is 8.51. The minimum absolute atomic E-state index is 0.150. The minimum Gasteiger partial charge on any atom is -0.274 e. The highest BCUT2D eigenvalue weighted by molar-refractivity contribution is 7.87. The van der Waals surface area contributed by atoms with Gasteiger partial charge >= 0.3 is 10.2 Å². The van der Waals surface area contributed by atoms with Crippen LogP contribution in [0.25, 0.3) is 0 Å². The van der Waals surface area contributed by atoms with E-state index >= 15 is 0 Å². The number of benzene rings is 1. The third kappa shape index (κ3) is 3.27. The normalized spacial score (nSPS) is 21.0. The fraction of sp³-hybridized carbons (Fsp3) is 0.500. The second-order valence-corrected chi connectivity index (χ2v) is 6.81. The van der Waals surface area contributed by atoms with E-state index in [0.29, 0.717) is 0 Å². The Balaban J connectivity index is 2.08. The van der Waals surface area contributed by atoms with Crippen molar-refractivity contribution in [3.8, 4) is 0 Å². The summed E-state index contributed by atoms with van der Waals surface area (Å²) >= 11 is 0. The van der Waals surface area contributed by atoms with Gasteiger partial charge in [-0.3, -0.25) is 4.79 Å². The second-order valence-electron chi connectivity index (χ2n) is 5.14. The average molecular weight is 332 g/mol. The third-order valence-electron chi connectivity index (χ3n) is 3.77. The van der Waals surface area contributed by atoms with Crippen molar-refractivity contribution in [3.05, 3.63) is 35.4 Å². The van der Waals surface area contributed by atoms with Crippen LogP contribution in [0.2, 0.25) is 0 Å². The maximum atomic E-state index is 13.7. The molecule has 0 heterocycles.